The Morgan fingerprint density at radius 1 is 1.39 bits per heavy atom. The lowest BCUT2D eigenvalue weighted by Gasteiger charge is -2.37. The second-order valence-electron chi connectivity index (χ2n) is 7.06. The highest BCUT2D eigenvalue weighted by atomic mass is 16.3. The first-order valence-electron chi connectivity index (χ1n) is 7.73. The molecule has 8 nitrogen and oxygen atoms in total. The lowest BCUT2D eigenvalue weighted by Crippen LogP contribution is -2.48. The van der Waals surface area contributed by atoms with Gasteiger partial charge in [-0.15, -0.1) is 0 Å². The molecule has 8 heteroatoms. The molecule has 1 amide bonds. The minimum absolute atomic E-state index is 0.123. The fourth-order valence-corrected chi connectivity index (χ4v) is 2.83. The van der Waals surface area contributed by atoms with Crippen LogP contribution in [0.25, 0.3) is 0 Å². The van der Waals surface area contributed by atoms with Crippen LogP contribution in [0.4, 0.5) is 0 Å². The summed E-state index contributed by atoms with van der Waals surface area (Å²) in [5.74, 6) is -0.123. The second kappa shape index (κ2) is 5.45. The number of rotatable bonds is 2. The Bertz CT molecular complexity index is 687. The molecule has 2 aromatic heterocycles. The van der Waals surface area contributed by atoms with E-state index in [9.17, 15) is 9.90 Å². The Morgan fingerprint density at radius 3 is 2.78 bits per heavy atom. The zero-order valence-electron chi connectivity index (χ0n) is 13.7. The SMILES string of the molecule is CC(C)(C)n1cc(C(=O)N2CCCC(O)(c3cn[nH]n3)C2)cn1. The molecule has 23 heavy (non-hydrogen) atoms. The third kappa shape index (κ3) is 2.98. The summed E-state index contributed by atoms with van der Waals surface area (Å²) < 4.78 is 1.77. The van der Waals surface area contributed by atoms with Crippen LogP contribution >= 0.6 is 0 Å². The van der Waals surface area contributed by atoms with E-state index in [0.29, 0.717) is 30.6 Å². The summed E-state index contributed by atoms with van der Waals surface area (Å²) in [6.07, 6.45) is 6.11. The molecular formula is C15H22N6O2. The number of likely N-dealkylation sites (tertiary alicyclic amines) is 1. The van der Waals surface area contributed by atoms with E-state index in [1.165, 1.54) is 6.20 Å². The van der Waals surface area contributed by atoms with Crippen LogP contribution in [0.2, 0.25) is 0 Å². The van der Waals surface area contributed by atoms with Crippen LogP contribution in [-0.2, 0) is 11.1 Å². The van der Waals surface area contributed by atoms with Crippen LogP contribution in [0.5, 0.6) is 0 Å². The van der Waals surface area contributed by atoms with Crippen LogP contribution in [0.3, 0.4) is 0 Å². The Balaban J connectivity index is 1.79. The van der Waals surface area contributed by atoms with Crippen molar-refractivity contribution in [3.05, 3.63) is 29.8 Å². The summed E-state index contributed by atoms with van der Waals surface area (Å²) in [5.41, 5.74) is -0.326. The van der Waals surface area contributed by atoms with Crippen LogP contribution in [0, 0.1) is 0 Å². The van der Waals surface area contributed by atoms with Crippen molar-refractivity contribution in [2.24, 2.45) is 0 Å². The molecule has 0 saturated carbocycles. The van der Waals surface area contributed by atoms with Gasteiger partial charge in [-0.25, -0.2) is 0 Å². The number of carbonyl (C=O) groups excluding carboxylic acids is 1. The van der Waals surface area contributed by atoms with Gasteiger partial charge in [-0.05, 0) is 33.6 Å². The number of H-pyrrole nitrogens is 1. The second-order valence-corrected chi connectivity index (χ2v) is 7.06. The summed E-state index contributed by atoms with van der Waals surface area (Å²) >= 11 is 0. The zero-order valence-corrected chi connectivity index (χ0v) is 13.7. The number of amides is 1. The number of nitrogens with one attached hydrogen (secondary N) is 1. The maximum atomic E-state index is 12.7. The number of aromatic nitrogens is 5. The van der Waals surface area contributed by atoms with Crippen molar-refractivity contribution in [1.29, 1.82) is 0 Å². The Morgan fingerprint density at radius 2 is 2.17 bits per heavy atom. The normalized spacial score (nSPS) is 22.3. The number of carbonyl (C=O) groups is 1. The topological polar surface area (TPSA) is 99.9 Å². The molecule has 3 heterocycles. The number of aromatic amines is 1. The van der Waals surface area contributed by atoms with Crippen molar-refractivity contribution in [2.75, 3.05) is 13.1 Å². The van der Waals surface area contributed by atoms with E-state index < -0.39 is 5.60 Å². The predicted molar refractivity (Wildman–Crippen MR) is 82.6 cm³/mol. The molecule has 0 aromatic carbocycles. The van der Waals surface area contributed by atoms with E-state index in [4.69, 9.17) is 0 Å². The highest BCUT2D eigenvalue weighted by Crippen LogP contribution is 2.30. The lowest BCUT2D eigenvalue weighted by molar-refractivity contribution is -0.0320. The number of aliphatic hydroxyl groups is 1. The Labute approximate surface area is 134 Å². The van der Waals surface area contributed by atoms with Gasteiger partial charge in [-0.2, -0.15) is 20.5 Å². The molecule has 124 valence electrons. The molecule has 1 fully saturated rings. The molecule has 3 rings (SSSR count). The van der Waals surface area contributed by atoms with Crippen molar-refractivity contribution < 1.29 is 9.90 Å². The molecule has 0 aliphatic carbocycles. The van der Waals surface area contributed by atoms with Gasteiger partial charge in [-0.1, -0.05) is 0 Å². The minimum atomic E-state index is -1.15. The van der Waals surface area contributed by atoms with Gasteiger partial charge >= 0.3 is 0 Å². The maximum Gasteiger partial charge on any atom is 0.257 e. The fraction of sp³-hybridized carbons (Fsp3) is 0.600. The van der Waals surface area contributed by atoms with Gasteiger partial charge in [0.05, 0.1) is 30.0 Å². The fourth-order valence-electron chi connectivity index (χ4n) is 2.83. The lowest BCUT2D eigenvalue weighted by atomic mass is 9.90. The molecule has 0 radical (unpaired) electrons. The molecule has 0 spiro atoms. The summed E-state index contributed by atoms with van der Waals surface area (Å²) in [6.45, 7) is 6.90. The average molecular weight is 318 g/mol. The Hall–Kier alpha value is -2.22. The van der Waals surface area contributed by atoms with E-state index in [0.717, 1.165) is 0 Å². The van der Waals surface area contributed by atoms with Crippen LogP contribution in [0.1, 0.15) is 49.7 Å². The van der Waals surface area contributed by atoms with Crippen molar-refractivity contribution >= 4 is 5.91 Å². The molecule has 0 bridgehead atoms. The van der Waals surface area contributed by atoms with Gasteiger partial charge in [0.1, 0.15) is 11.3 Å². The molecule has 1 aliphatic rings. The first-order valence-corrected chi connectivity index (χ1v) is 7.73. The number of hydrogen-bond acceptors (Lipinski definition) is 5. The number of nitrogens with zero attached hydrogens (tertiary/aromatic N) is 5. The highest BCUT2D eigenvalue weighted by molar-refractivity contribution is 5.93. The van der Waals surface area contributed by atoms with Gasteiger partial charge in [0.2, 0.25) is 0 Å². The molecule has 1 aliphatic heterocycles. The largest absolute Gasteiger partial charge is 0.382 e. The molecule has 1 atom stereocenters. The van der Waals surface area contributed by atoms with Gasteiger partial charge in [0, 0.05) is 12.7 Å². The quantitative estimate of drug-likeness (QED) is 0.856. The standard InChI is InChI=1S/C15H22N6O2/c1-14(2,3)21-9-11(7-17-21)13(22)20-6-4-5-15(23,10-20)12-8-16-19-18-12/h7-9,23H,4-6,10H2,1-3H3,(H,16,18,19). The summed E-state index contributed by atoms with van der Waals surface area (Å²) in [4.78, 5) is 14.4. The monoisotopic (exact) mass is 318 g/mol. The van der Waals surface area contributed by atoms with Crippen LogP contribution in [-0.4, -0.2) is 54.2 Å². The van der Waals surface area contributed by atoms with Crippen molar-refractivity contribution in [3.63, 3.8) is 0 Å². The van der Waals surface area contributed by atoms with Gasteiger partial charge in [-0.3, -0.25) is 9.48 Å². The van der Waals surface area contributed by atoms with Gasteiger partial charge in [0.25, 0.3) is 5.91 Å². The van der Waals surface area contributed by atoms with Crippen molar-refractivity contribution in [1.82, 2.24) is 30.1 Å². The van der Waals surface area contributed by atoms with Crippen LogP contribution < -0.4 is 0 Å². The van der Waals surface area contributed by atoms with Gasteiger partial charge < -0.3 is 10.0 Å². The van der Waals surface area contributed by atoms with E-state index in [-0.39, 0.29) is 18.0 Å². The van der Waals surface area contributed by atoms with Crippen LogP contribution in [0.15, 0.2) is 18.6 Å². The molecule has 2 N–H and O–H groups in total. The first-order chi connectivity index (χ1) is 10.8. The Kier molecular flexibility index (Phi) is 3.71. The molecule has 2 aromatic rings. The smallest absolute Gasteiger partial charge is 0.257 e. The third-order valence-electron chi connectivity index (χ3n) is 4.17. The van der Waals surface area contributed by atoms with E-state index in [2.05, 4.69) is 20.5 Å². The summed E-state index contributed by atoms with van der Waals surface area (Å²) in [7, 11) is 0. The first kappa shape index (κ1) is 15.7. The maximum absolute atomic E-state index is 12.7. The van der Waals surface area contributed by atoms with E-state index in [1.807, 2.05) is 20.8 Å². The predicted octanol–water partition coefficient (Wildman–Crippen LogP) is 0.880. The number of hydrogen-bond donors (Lipinski definition) is 2. The average Bonchev–Trinajstić information content (AvgIpc) is 3.17. The molecule has 1 saturated heterocycles. The minimum Gasteiger partial charge on any atom is -0.382 e. The number of piperidine rings is 1. The van der Waals surface area contributed by atoms with E-state index >= 15 is 0 Å². The molecule has 1 unspecified atom stereocenters. The summed E-state index contributed by atoms with van der Waals surface area (Å²) in [5, 5.41) is 25.3. The van der Waals surface area contributed by atoms with Gasteiger partial charge in [0.15, 0.2) is 0 Å². The third-order valence-corrected chi connectivity index (χ3v) is 4.17. The zero-order chi connectivity index (χ0) is 16.7. The number of β-amino-alcohol motifs (C(OH)–C–C–N with tert-alkyl or cyclic N) is 1. The van der Waals surface area contributed by atoms with Crippen molar-refractivity contribution in [2.45, 2.75) is 44.8 Å². The highest BCUT2D eigenvalue weighted by Gasteiger charge is 2.39. The van der Waals surface area contributed by atoms with E-state index in [1.54, 1.807) is 22.0 Å². The summed E-state index contributed by atoms with van der Waals surface area (Å²) in [6, 6.07) is 0. The van der Waals surface area contributed by atoms with Crippen molar-refractivity contribution in [3.8, 4) is 0 Å². The molecular weight excluding hydrogens is 296 g/mol.